The van der Waals surface area contributed by atoms with Crippen LogP contribution in [-0.4, -0.2) is 66.3 Å². The Labute approximate surface area is 270 Å². The quantitative estimate of drug-likeness (QED) is 0.196. The van der Waals surface area contributed by atoms with Crippen LogP contribution < -0.4 is 25.8 Å². The topological polar surface area (TPSA) is 125 Å². The highest BCUT2D eigenvalue weighted by Crippen LogP contribution is 2.34. The molecule has 1 atom stereocenters. The molecule has 2 aromatic carbocycles. The molecule has 11 nitrogen and oxygen atoms in total. The lowest BCUT2D eigenvalue weighted by molar-refractivity contribution is -0.274. The van der Waals surface area contributed by atoms with Gasteiger partial charge in [-0.25, -0.2) is 0 Å². The van der Waals surface area contributed by atoms with Gasteiger partial charge in [0.05, 0.1) is 16.9 Å². The molecule has 0 radical (unpaired) electrons. The standard InChI is InChI=1S/C33H38F3N7O4/c1-19(2)18-22-6-8-23(9-7-22)20(3)29(44)40-41-30(45)26-21(4)46-31-27(26)28(43-16-14-42(5)15-17-43)38-32(39-31)37-24-10-12-25(13-11-24)47-33(34,35)36/h6-13,19-20H,14-18H2,1-5H3,(H,40,44)(H,41,45)(H,37,38,39). The zero-order valence-corrected chi connectivity index (χ0v) is 26.9. The summed E-state index contributed by atoms with van der Waals surface area (Å²) in [6.07, 6.45) is -3.86. The molecular weight excluding hydrogens is 615 g/mol. The molecule has 0 bridgehead atoms. The first kappa shape index (κ1) is 33.5. The smallest absolute Gasteiger partial charge is 0.442 e. The molecule has 3 N–H and O–H groups in total. The monoisotopic (exact) mass is 653 g/mol. The Morgan fingerprint density at radius 1 is 0.957 bits per heavy atom. The predicted octanol–water partition coefficient (Wildman–Crippen LogP) is 5.69. The Morgan fingerprint density at radius 2 is 1.62 bits per heavy atom. The lowest BCUT2D eigenvalue weighted by Gasteiger charge is -2.33. The van der Waals surface area contributed by atoms with Crippen molar-refractivity contribution in [2.75, 3.05) is 43.4 Å². The van der Waals surface area contributed by atoms with Crippen LogP contribution in [0.1, 0.15) is 53.9 Å². The number of halogens is 3. The summed E-state index contributed by atoms with van der Waals surface area (Å²) in [5, 5.41) is 3.38. The van der Waals surface area contributed by atoms with Crippen LogP contribution >= 0.6 is 0 Å². The number of amides is 2. The third kappa shape index (κ3) is 8.30. The maximum Gasteiger partial charge on any atom is 0.573 e. The Balaban J connectivity index is 1.37. The number of carbonyl (C=O) groups excluding carboxylic acids is 2. The zero-order chi connectivity index (χ0) is 33.9. The number of aromatic nitrogens is 2. The first-order valence-corrected chi connectivity index (χ1v) is 15.3. The first-order chi connectivity index (χ1) is 22.3. The van der Waals surface area contributed by atoms with Gasteiger partial charge in [-0.2, -0.15) is 9.97 Å². The molecular formula is C33H38F3N7O4. The summed E-state index contributed by atoms with van der Waals surface area (Å²) in [6.45, 7) is 10.4. The summed E-state index contributed by atoms with van der Waals surface area (Å²) in [5.74, 6) is -0.483. The van der Waals surface area contributed by atoms with E-state index in [4.69, 9.17) is 9.40 Å². The Morgan fingerprint density at radius 3 is 2.23 bits per heavy atom. The SMILES string of the molecule is Cc1oc2nc(Nc3ccc(OC(F)(F)F)cc3)nc(N3CCN(C)CC3)c2c1C(=O)NNC(=O)C(C)c1ccc(CC(C)C)cc1. The number of piperazine rings is 1. The summed E-state index contributed by atoms with van der Waals surface area (Å²) < 4.78 is 47.6. The van der Waals surface area contributed by atoms with Crippen LogP contribution in [0.4, 0.5) is 30.6 Å². The number of aryl methyl sites for hydroxylation is 1. The van der Waals surface area contributed by atoms with Crippen molar-refractivity contribution >= 4 is 40.4 Å². The van der Waals surface area contributed by atoms with Crippen molar-refractivity contribution in [3.8, 4) is 5.75 Å². The van der Waals surface area contributed by atoms with E-state index in [1.165, 1.54) is 29.8 Å². The number of hydrogen-bond donors (Lipinski definition) is 3. The van der Waals surface area contributed by atoms with E-state index in [0.29, 0.717) is 35.9 Å². The highest BCUT2D eigenvalue weighted by Gasteiger charge is 2.31. The molecule has 4 aromatic rings. The van der Waals surface area contributed by atoms with Gasteiger partial charge in [0.1, 0.15) is 17.3 Å². The predicted molar refractivity (Wildman–Crippen MR) is 172 cm³/mol. The van der Waals surface area contributed by atoms with Crippen molar-refractivity contribution in [2.45, 2.75) is 46.4 Å². The molecule has 1 saturated heterocycles. The molecule has 0 aliphatic carbocycles. The van der Waals surface area contributed by atoms with E-state index in [2.05, 4.69) is 44.6 Å². The fraction of sp³-hybridized carbons (Fsp3) is 0.394. The number of nitrogens with one attached hydrogen (secondary N) is 3. The van der Waals surface area contributed by atoms with Crippen LogP contribution in [0.3, 0.4) is 0 Å². The van der Waals surface area contributed by atoms with E-state index < -0.39 is 18.2 Å². The number of furan rings is 1. The molecule has 3 heterocycles. The van der Waals surface area contributed by atoms with Gasteiger partial charge in [-0.05, 0) is 68.6 Å². The number of nitrogens with zero attached hydrogens (tertiary/aromatic N) is 4. The highest BCUT2D eigenvalue weighted by atomic mass is 19.4. The number of benzene rings is 2. The van der Waals surface area contributed by atoms with Gasteiger partial charge in [0.2, 0.25) is 17.6 Å². The van der Waals surface area contributed by atoms with E-state index >= 15 is 0 Å². The van der Waals surface area contributed by atoms with Gasteiger partial charge in [0, 0.05) is 31.9 Å². The van der Waals surface area contributed by atoms with Crippen LogP contribution in [0.25, 0.3) is 11.1 Å². The maximum atomic E-state index is 13.6. The van der Waals surface area contributed by atoms with Crippen LogP contribution in [0.5, 0.6) is 5.75 Å². The van der Waals surface area contributed by atoms with Crippen LogP contribution in [0, 0.1) is 12.8 Å². The van der Waals surface area contributed by atoms with Gasteiger partial charge in [-0.15, -0.1) is 13.2 Å². The second-order valence-corrected chi connectivity index (χ2v) is 12.1. The fourth-order valence-electron chi connectivity index (χ4n) is 5.39. The largest absolute Gasteiger partial charge is 0.573 e. The molecule has 1 fully saturated rings. The van der Waals surface area contributed by atoms with Crippen LogP contribution in [0.2, 0.25) is 0 Å². The van der Waals surface area contributed by atoms with E-state index in [1.807, 2.05) is 36.2 Å². The van der Waals surface area contributed by atoms with Gasteiger partial charge in [0.25, 0.3) is 5.91 Å². The summed E-state index contributed by atoms with van der Waals surface area (Å²) in [4.78, 5) is 40.0. The van der Waals surface area contributed by atoms with Gasteiger partial charge in [-0.1, -0.05) is 38.1 Å². The van der Waals surface area contributed by atoms with Gasteiger partial charge >= 0.3 is 6.36 Å². The van der Waals surface area contributed by atoms with Crippen LogP contribution in [-0.2, 0) is 11.2 Å². The maximum absolute atomic E-state index is 13.6. The molecule has 0 spiro atoms. The van der Waals surface area contributed by atoms with E-state index in [1.54, 1.807) is 13.8 Å². The van der Waals surface area contributed by atoms with Gasteiger partial charge < -0.3 is 24.3 Å². The van der Waals surface area contributed by atoms with Crippen molar-refractivity contribution in [3.05, 3.63) is 71.0 Å². The van der Waals surface area contributed by atoms with Crippen molar-refractivity contribution < 1.29 is 31.9 Å². The number of alkyl halides is 3. The molecule has 1 unspecified atom stereocenters. The minimum Gasteiger partial charge on any atom is -0.442 e. The number of fused-ring (bicyclic) bond motifs is 1. The van der Waals surface area contributed by atoms with Crippen molar-refractivity contribution in [1.29, 1.82) is 0 Å². The summed E-state index contributed by atoms with van der Waals surface area (Å²) >= 11 is 0. The molecule has 250 valence electrons. The third-order valence-electron chi connectivity index (χ3n) is 7.90. The number of anilines is 3. The Hall–Kier alpha value is -4.85. The fourth-order valence-corrected chi connectivity index (χ4v) is 5.39. The van der Waals surface area contributed by atoms with E-state index in [-0.39, 0.29) is 34.6 Å². The Kier molecular flexibility index (Phi) is 9.89. The van der Waals surface area contributed by atoms with Crippen molar-refractivity contribution in [1.82, 2.24) is 25.7 Å². The molecule has 14 heteroatoms. The highest BCUT2D eigenvalue weighted by molar-refractivity contribution is 6.10. The molecule has 1 aliphatic heterocycles. The van der Waals surface area contributed by atoms with Crippen molar-refractivity contribution in [2.24, 2.45) is 5.92 Å². The zero-order valence-electron chi connectivity index (χ0n) is 26.9. The minimum absolute atomic E-state index is 0.123. The number of rotatable bonds is 9. The van der Waals surface area contributed by atoms with Gasteiger partial charge in [0.15, 0.2) is 0 Å². The lowest BCUT2D eigenvalue weighted by atomic mass is 9.96. The second kappa shape index (κ2) is 13.9. The molecule has 0 saturated carbocycles. The molecule has 47 heavy (non-hydrogen) atoms. The number of hydrazine groups is 1. The van der Waals surface area contributed by atoms with Crippen LogP contribution in [0.15, 0.2) is 52.9 Å². The first-order valence-electron chi connectivity index (χ1n) is 15.3. The minimum atomic E-state index is -4.80. The molecule has 5 rings (SSSR count). The number of carbonyl (C=O) groups is 2. The normalized spacial score (nSPS) is 14.7. The Bertz CT molecular complexity index is 1720. The van der Waals surface area contributed by atoms with Crippen molar-refractivity contribution in [3.63, 3.8) is 0 Å². The second-order valence-electron chi connectivity index (χ2n) is 12.1. The molecule has 2 aromatic heterocycles. The summed E-state index contributed by atoms with van der Waals surface area (Å²) in [6, 6.07) is 13.0. The molecule has 2 amide bonds. The average Bonchev–Trinajstić information content (AvgIpc) is 3.35. The molecule has 1 aliphatic rings. The van der Waals surface area contributed by atoms with E-state index in [9.17, 15) is 22.8 Å². The average molecular weight is 654 g/mol. The lowest BCUT2D eigenvalue weighted by Crippen LogP contribution is -2.45. The van der Waals surface area contributed by atoms with Gasteiger partial charge in [-0.3, -0.25) is 20.4 Å². The third-order valence-corrected chi connectivity index (χ3v) is 7.90. The number of hydrogen-bond acceptors (Lipinski definition) is 9. The summed E-state index contributed by atoms with van der Waals surface area (Å²) in [7, 11) is 2.01. The number of likely N-dealkylation sites (N-methyl/N-ethyl adjacent to an activating group) is 1. The summed E-state index contributed by atoms with van der Waals surface area (Å²) in [5.41, 5.74) is 7.82. The van der Waals surface area contributed by atoms with E-state index in [0.717, 1.165) is 25.1 Å². The number of ether oxygens (including phenoxy) is 1.